The maximum Gasteiger partial charge on any atom is 0.387 e. The van der Waals surface area contributed by atoms with E-state index in [-0.39, 0.29) is 23.2 Å². The first-order chi connectivity index (χ1) is 17.1. The van der Waals surface area contributed by atoms with Crippen LogP contribution in [0.4, 0.5) is 13.2 Å². The van der Waals surface area contributed by atoms with Gasteiger partial charge in [0.05, 0.1) is 17.3 Å². The molecule has 3 aromatic heterocycles. The second-order valence-corrected chi connectivity index (χ2v) is 8.47. The summed E-state index contributed by atoms with van der Waals surface area (Å²) >= 11 is 0. The van der Waals surface area contributed by atoms with Crippen LogP contribution in [0.25, 0.3) is 16.6 Å². The fraction of sp³-hybridized carbons (Fsp3) is 0.217. The number of nitrogens with zero attached hydrogens (tertiary/aromatic N) is 5. The van der Waals surface area contributed by atoms with E-state index in [2.05, 4.69) is 19.8 Å². The molecule has 0 fully saturated rings. The number of carbonyl (C=O) groups is 1. The monoisotopic (exact) mass is 499 g/mol. The smallest absolute Gasteiger partial charge is 0.387 e. The van der Waals surface area contributed by atoms with Gasteiger partial charge < -0.3 is 20.1 Å². The minimum atomic E-state index is -3.62. The van der Waals surface area contributed by atoms with Crippen LogP contribution in [-0.4, -0.2) is 58.4 Å². The van der Waals surface area contributed by atoms with Crippen molar-refractivity contribution in [2.75, 3.05) is 0 Å². The van der Waals surface area contributed by atoms with E-state index < -0.39 is 42.1 Å². The number of benzene rings is 1. The Morgan fingerprint density at radius 3 is 2.53 bits per heavy atom. The molecule has 2 unspecified atom stereocenters. The second-order valence-electron chi connectivity index (χ2n) is 8.47. The van der Waals surface area contributed by atoms with Gasteiger partial charge in [-0.3, -0.25) is 9.69 Å². The van der Waals surface area contributed by atoms with Crippen LogP contribution in [0.3, 0.4) is 0 Å². The predicted octanol–water partition coefficient (Wildman–Crippen LogP) is 2.15. The third-order valence-electron chi connectivity index (χ3n) is 6.51. The number of hydrogen-bond donors (Lipinski definition) is 3. The molecule has 0 saturated heterocycles. The molecule has 1 amide bonds. The maximum absolute atomic E-state index is 14.8. The van der Waals surface area contributed by atoms with Crippen molar-refractivity contribution in [2.24, 2.45) is 0 Å². The van der Waals surface area contributed by atoms with Gasteiger partial charge in [0.2, 0.25) is 0 Å². The number of amides is 1. The minimum absolute atomic E-state index is 0.0991. The van der Waals surface area contributed by atoms with Crippen LogP contribution in [0.1, 0.15) is 45.6 Å². The van der Waals surface area contributed by atoms with Gasteiger partial charge in [0.25, 0.3) is 5.91 Å². The van der Waals surface area contributed by atoms with Crippen molar-refractivity contribution in [2.45, 2.75) is 31.1 Å². The van der Waals surface area contributed by atoms with E-state index in [0.29, 0.717) is 27.1 Å². The molecule has 0 spiro atoms. The summed E-state index contributed by atoms with van der Waals surface area (Å²) in [5.41, 5.74) is 1.98. The molecule has 2 bridgehead atoms. The van der Waals surface area contributed by atoms with Crippen LogP contribution >= 0.6 is 0 Å². The van der Waals surface area contributed by atoms with Gasteiger partial charge in [-0.05, 0) is 36.2 Å². The third-order valence-corrected chi connectivity index (χ3v) is 6.51. The van der Waals surface area contributed by atoms with Gasteiger partial charge >= 0.3 is 12.7 Å². The summed E-state index contributed by atoms with van der Waals surface area (Å²) in [5, 5.41) is 34.7. The number of halogens is 3. The maximum atomic E-state index is 14.8. The van der Waals surface area contributed by atoms with Crippen LogP contribution in [-0.2, 0) is 0 Å². The van der Waals surface area contributed by atoms with Gasteiger partial charge in [-0.1, -0.05) is 0 Å². The highest BCUT2D eigenvalue weighted by molar-refractivity contribution is 5.98. The predicted molar refractivity (Wildman–Crippen MR) is 114 cm³/mol. The normalized spacial score (nSPS) is 19.0. The molecule has 13 heteroatoms. The highest BCUT2D eigenvalue weighted by atomic mass is 19.3. The molecule has 6 rings (SSSR count). The zero-order valence-electron chi connectivity index (χ0n) is 18.1. The van der Waals surface area contributed by atoms with Crippen molar-refractivity contribution in [1.82, 2.24) is 24.5 Å². The van der Waals surface area contributed by atoms with E-state index >= 15 is 0 Å². The van der Waals surface area contributed by atoms with Gasteiger partial charge in [0, 0.05) is 46.8 Å². The molecule has 1 aliphatic carbocycles. The summed E-state index contributed by atoms with van der Waals surface area (Å²) in [6.45, 7) is -3.39. The molecular weight excluding hydrogens is 483 g/mol. The molecule has 3 N–H and O–H groups in total. The molecule has 36 heavy (non-hydrogen) atoms. The Morgan fingerprint density at radius 2 is 1.83 bits per heavy atom. The molecule has 184 valence electrons. The number of alkyl halides is 2. The number of hydrogen-bond acceptors (Lipinski definition) is 8. The van der Waals surface area contributed by atoms with E-state index in [9.17, 15) is 33.3 Å². The summed E-state index contributed by atoms with van der Waals surface area (Å²) < 4.78 is 47.3. The molecule has 10 nitrogen and oxygen atoms in total. The van der Waals surface area contributed by atoms with E-state index in [4.69, 9.17) is 0 Å². The van der Waals surface area contributed by atoms with Crippen molar-refractivity contribution in [1.29, 1.82) is 0 Å². The Morgan fingerprint density at radius 1 is 1.08 bits per heavy atom. The van der Waals surface area contributed by atoms with Gasteiger partial charge in [0.15, 0.2) is 11.6 Å². The summed E-state index contributed by atoms with van der Waals surface area (Å²) in [7, 11) is 0. The van der Waals surface area contributed by atoms with E-state index in [1.54, 1.807) is 30.7 Å². The highest BCUT2D eigenvalue weighted by Crippen LogP contribution is 2.55. The first kappa shape index (κ1) is 22.4. The molecule has 1 aromatic carbocycles. The van der Waals surface area contributed by atoms with Gasteiger partial charge in [0.1, 0.15) is 6.33 Å². The lowest BCUT2D eigenvalue weighted by Gasteiger charge is -2.34. The van der Waals surface area contributed by atoms with Crippen molar-refractivity contribution in [3.8, 4) is 16.9 Å². The van der Waals surface area contributed by atoms with Crippen LogP contribution in [0.2, 0.25) is 0 Å². The standard InChI is InChI=1S/C23H16F3N5O5/c24-14-2-1-12-17(20(14)36-22(25)26)13-6-16(31(21(12)32)23(33,34)35)19-18(13)15-5-10(3-4-30(15)29-19)11-7-27-9-28-8-11/h1-5,7-9,13,16,22,33-35H,6H2. The fourth-order valence-corrected chi connectivity index (χ4v) is 5.19. The molecule has 0 saturated carbocycles. The zero-order valence-corrected chi connectivity index (χ0v) is 18.1. The first-order valence-electron chi connectivity index (χ1n) is 10.7. The molecular formula is C23H16F3N5O5. The fourth-order valence-electron chi connectivity index (χ4n) is 5.19. The number of pyridine rings is 1. The average molecular weight is 499 g/mol. The van der Waals surface area contributed by atoms with Crippen LogP contribution in [0, 0.1) is 5.82 Å². The number of aromatic nitrogens is 4. The van der Waals surface area contributed by atoms with Crippen molar-refractivity contribution < 1.29 is 38.0 Å². The van der Waals surface area contributed by atoms with Crippen LogP contribution < -0.4 is 4.74 Å². The topological polar surface area (TPSA) is 133 Å². The SMILES string of the molecule is O=C1c2ccc(F)c(OC(F)F)c2C2CC(c3nn4ccc(-c5cncnc5)cc4c32)N1C(O)(O)O. The van der Waals surface area contributed by atoms with E-state index in [1.165, 1.54) is 10.8 Å². The lowest BCUT2D eigenvalue weighted by atomic mass is 9.88. The minimum Gasteiger partial charge on any atom is -0.431 e. The molecule has 0 radical (unpaired) electrons. The third kappa shape index (κ3) is 3.24. The van der Waals surface area contributed by atoms with Crippen molar-refractivity contribution >= 4 is 11.4 Å². The number of ether oxygens (including phenoxy) is 1. The summed E-state index contributed by atoms with van der Waals surface area (Å²) in [4.78, 5) is 21.7. The molecule has 4 aromatic rings. The van der Waals surface area contributed by atoms with Gasteiger partial charge in [-0.25, -0.2) is 18.9 Å². The number of rotatable bonds is 4. The summed E-state index contributed by atoms with van der Waals surface area (Å²) in [6, 6.07) is 4.10. The van der Waals surface area contributed by atoms with Gasteiger partial charge in [-0.15, -0.1) is 0 Å². The van der Waals surface area contributed by atoms with E-state index in [0.717, 1.165) is 12.1 Å². The van der Waals surface area contributed by atoms with E-state index in [1.807, 2.05) is 0 Å². The first-order valence-corrected chi connectivity index (χ1v) is 10.7. The number of carbonyl (C=O) groups excluding carboxylic acids is 1. The molecule has 2 atom stereocenters. The number of aliphatic hydroxyl groups is 3. The lowest BCUT2D eigenvalue weighted by Crippen LogP contribution is -2.53. The molecule has 2 aliphatic rings. The summed E-state index contributed by atoms with van der Waals surface area (Å²) in [6.07, 6.45) is 2.46. The number of fused-ring (bicyclic) bond motifs is 9. The van der Waals surface area contributed by atoms with Crippen LogP contribution in [0.5, 0.6) is 5.75 Å². The Bertz CT molecular complexity index is 1520. The van der Waals surface area contributed by atoms with Gasteiger partial charge in [-0.2, -0.15) is 13.9 Å². The molecule has 1 aliphatic heterocycles. The Kier molecular flexibility index (Phi) is 4.80. The van der Waals surface area contributed by atoms with Crippen molar-refractivity contribution in [3.63, 3.8) is 0 Å². The van der Waals surface area contributed by atoms with Crippen LogP contribution in [0.15, 0.2) is 49.2 Å². The Balaban J connectivity index is 1.65. The summed E-state index contributed by atoms with van der Waals surface area (Å²) in [5.74, 6) is -3.97. The lowest BCUT2D eigenvalue weighted by molar-refractivity contribution is -0.385. The van der Waals surface area contributed by atoms with Crippen molar-refractivity contribution in [3.05, 3.63) is 77.4 Å². The largest absolute Gasteiger partial charge is 0.431 e. The zero-order chi connectivity index (χ0) is 25.4. The second kappa shape index (κ2) is 7.71. The molecule has 4 heterocycles. The quantitative estimate of drug-likeness (QED) is 0.364. The highest BCUT2D eigenvalue weighted by Gasteiger charge is 2.53. The Hall–Kier alpha value is -4.07. The average Bonchev–Trinajstić information content (AvgIpc) is 3.33. The Labute approximate surface area is 199 Å².